The number of Topliss-reactive ketones (excluding diaryl/α,β-unsaturated/α-hetero) is 1. The number of esters is 1. The molecule has 3 saturated carbocycles. The highest BCUT2D eigenvalue weighted by Crippen LogP contribution is 2.68. The number of rotatable bonds is 11. The summed E-state index contributed by atoms with van der Waals surface area (Å²) >= 11 is 1.63. The Bertz CT molecular complexity index is 1010. The molecule has 10 nitrogen and oxygen atoms in total. The zero-order valence-electron chi connectivity index (χ0n) is 27.6. The summed E-state index contributed by atoms with van der Waals surface area (Å²) < 4.78 is 6.30. The van der Waals surface area contributed by atoms with Crippen LogP contribution in [0.2, 0.25) is 0 Å². The third-order valence-electron chi connectivity index (χ3n) is 10.8. The van der Waals surface area contributed by atoms with E-state index in [1.54, 1.807) is 11.8 Å². The number of carboxylic acids is 2. The van der Waals surface area contributed by atoms with Gasteiger partial charge in [-0.2, -0.15) is 0 Å². The molecule has 0 heterocycles. The fourth-order valence-electron chi connectivity index (χ4n) is 7.81. The lowest BCUT2D eigenvalue weighted by Gasteiger charge is -2.61. The maximum atomic E-state index is 13.4. The molecule has 0 aromatic heterocycles. The molecule has 0 radical (unpaired) electrons. The second kappa shape index (κ2) is 17.5. The van der Waals surface area contributed by atoms with Crippen LogP contribution in [-0.4, -0.2) is 89.5 Å². The molecular formula is C33H55NO9S. The first-order valence-corrected chi connectivity index (χ1v) is 16.8. The van der Waals surface area contributed by atoms with Crippen molar-refractivity contribution in [2.24, 2.45) is 34.0 Å². The van der Waals surface area contributed by atoms with Crippen molar-refractivity contribution in [1.82, 2.24) is 0 Å². The highest BCUT2D eigenvalue weighted by Gasteiger charge is 2.68. The van der Waals surface area contributed by atoms with Crippen LogP contribution in [-0.2, 0) is 23.9 Å². The minimum atomic E-state index is -1.51. The largest absolute Gasteiger partial charge is 0.545 e. The molecule has 3 rings (SSSR count). The molecule has 4 N–H and O–H groups in total. The van der Waals surface area contributed by atoms with Crippen molar-refractivity contribution in [2.45, 2.75) is 85.9 Å². The third-order valence-corrected chi connectivity index (χ3v) is 11.7. The molecule has 0 saturated heterocycles. The molecule has 44 heavy (non-hydrogen) atoms. The Labute approximate surface area is 267 Å². The summed E-state index contributed by atoms with van der Waals surface area (Å²) in [7, 11) is 1.00. The summed E-state index contributed by atoms with van der Waals surface area (Å²) in [5.74, 6) is -1.36. The number of nitrogens with one attached hydrogen (secondary N) is 1. The first-order valence-electron chi connectivity index (χ1n) is 15.6. The van der Waals surface area contributed by atoms with Gasteiger partial charge in [0.05, 0.1) is 37.5 Å². The number of ketones is 1. The molecule has 3 aliphatic rings. The standard InChI is InChI=1S/C28H47NO4S.C4H4O4.CH4O/c1-8-26(6)17-22(33-23(31)18-34-16-15-29(9-2)10-3)27(7)19(4)11-13-28(20(5)25(26)32)14-12-21(30)24(27)28;5-3(6)1-2-4(7)8;1-2/h8,19-20,22,24-25,32H,1,9-18H2,2-7H3;1-2H,(H,5,6)(H,7,8);2H,1H3/b;2-1+;/t19-,20+,22-,24+,25+,26-,27+,28+;;/m1../s1. The van der Waals surface area contributed by atoms with Gasteiger partial charge in [-0.1, -0.05) is 33.8 Å². The van der Waals surface area contributed by atoms with E-state index in [1.165, 1.54) is 4.90 Å². The van der Waals surface area contributed by atoms with Crippen LogP contribution in [0.15, 0.2) is 24.8 Å². The molecule has 0 aliphatic heterocycles. The summed E-state index contributed by atoms with van der Waals surface area (Å²) in [5.41, 5.74) is -1.24. The lowest BCUT2D eigenvalue weighted by molar-refractivity contribution is -0.893. The minimum Gasteiger partial charge on any atom is -0.545 e. The number of quaternary nitrogens is 1. The number of hydrogen-bond acceptors (Lipinski definition) is 9. The van der Waals surface area contributed by atoms with Crippen LogP contribution in [0.25, 0.3) is 0 Å². The Balaban J connectivity index is 0.000000840. The normalized spacial score (nSPS) is 34.4. The van der Waals surface area contributed by atoms with Crippen molar-refractivity contribution >= 4 is 35.5 Å². The lowest BCUT2D eigenvalue weighted by atomic mass is 9.44. The Morgan fingerprint density at radius 1 is 1.14 bits per heavy atom. The number of hydrogen-bond donors (Lipinski definition) is 4. The molecule has 0 amide bonds. The Morgan fingerprint density at radius 2 is 1.75 bits per heavy atom. The minimum absolute atomic E-state index is 0.00596. The SMILES string of the molecule is C=C[C@]1(C)C[C@@H](OC(=O)CSCC[NH+](CC)CC)[C@]2(C)[C@H](C)CC[C@]3(CCC(=O)[C@H]32)[C@@H](C)[C@@H]1O.CO.O=C([O-])/C=C/C(=O)O. The summed E-state index contributed by atoms with van der Waals surface area (Å²) in [4.78, 5) is 47.0. The monoisotopic (exact) mass is 641 g/mol. The number of aliphatic hydroxyl groups excluding tert-OH is 2. The van der Waals surface area contributed by atoms with E-state index in [9.17, 15) is 29.4 Å². The smallest absolute Gasteiger partial charge is 0.328 e. The molecule has 0 aromatic rings. The van der Waals surface area contributed by atoms with E-state index in [-0.39, 0.29) is 29.1 Å². The maximum Gasteiger partial charge on any atom is 0.328 e. The molecule has 0 unspecified atom stereocenters. The van der Waals surface area contributed by atoms with Crippen molar-refractivity contribution in [3.8, 4) is 0 Å². The molecule has 0 aromatic carbocycles. The van der Waals surface area contributed by atoms with Crippen molar-refractivity contribution in [3.05, 3.63) is 24.8 Å². The zero-order chi connectivity index (χ0) is 33.9. The number of carbonyl (C=O) groups excluding carboxylic acids is 3. The van der Waals surface area contributed by atoms with E-state index in [0.717, 1.165) is 51.8 Å². The Kier molecular flexibility index (Phi) is 15.8. The number of carboxylic acid groups (broad SMARTS) is 2. The van der Waals surface area contributed by atoms with Crippen LogP contribution in [0.1, 0.15) is 73.6 Å². The molecule has 0 spiro atoms. The van der Waals surface area contributed by atoms with Crippen LogP contribution < -0.4 is 10.0 Å². The Morgan fingerprint density at radius 3 is 2.25 bits per heavy atom. The van der Waals surface area contributed by atoms with Gasteiger partial charge in [-0.25, -0.2) is 4.79 Å². The predicted octanol–water partition coefficient (Wildman–Crippen LogP) is 1.54. The van der Waals surface area contributed by atoms with Gasteiger partial charge in [0, 0.05) is 42.1 Å². The van der Waals surface area contributed by atoms with Crippen LogP contribution >= 0.6 is 11.8 Å². The van der Waals surface area contributed by atoms with Gasteiger partial charge in [-0.05, 0) is 62.9 Å². The maximum absolute atomic E-state index is 13.4. The number of aliphatic hydroxyl groups is 2. The predicted molar refractivity (Wildman–Crippen MR) is 169 cm³/mol. The van der Waals surface area contributed by atoms with Gasteiger partial charge < -0.3 is 34.9 Å². The number of thioether (sulfide) groups is 1. The second-order valence-electron chi connectivity index (χ2n) is 12.8. The van der Waals surface area contributed by atoms with Crippen molar-refractivity contribution in [1.29, 1.82) is 0 Å². The summed E-state index contributed by atoms with van der Waals surface area (Å²) in [6.07, 6.45) is 5.61. The first kappa shape index (κ1) is 39.8. The van der Waals surface area contributed by atoms with Gasteiger partial charge in [-0.3, -0.25) is 9.59 Å². The van der Waals surface area contributed by atoms with E-state index in [2.05, 4.69) is 41.2 Å². The number of aliphatic carboxylic acids is 2. The Hall–Kier alpha value is -2.21. The van der Waals surface area contributed by atoms with Crippen LogP contribution in [0.3, 0.4) is 0 Å². The fourth-order valence-corrected chi connectivity index (χ4v) is 8.62. The topological polar surface area (TPSA) is 166 Å². The van der Waals surface area contributed by atoms with Crippen LogP contribution in [0.4, 0.5) is 0 Å². The molecule has 11 heteroatoms. The number of carbonyl (C=O) groups is 4. The molecule has 3 aliphatic carbocycles. The van der Waals surface area contributed by atoms with E-state index in [1.807, 2.05) is 13.0 Å². The average Bonchev–Trinajstić information content (AvgIpc) is 3.35. The molecule has 252 valence electrons. The second-order valence-corrected chi connectivity index (χ2v) is 13.9. The highest BCUT2D eigenvalue weighted by molar-refractivity contribution is 7.99. The van der Waals surface area contributed by atoms with Gasteiger partial charge in [0.2, 0.25) is 0 Å². The molecule has 8 atom stereocenters. The van der Waals surface area contributed by atoms with Gasteiger partial charge in [0.15, 0.2) is 0 Å². The van der Waals surface area contributed by atoms with Crippen molar-refractivity contribution in [3.63, 3.8) is 0 Å². The third kappa shape index (κ3) is 8.95. The van der Waals surface area contributed by atoms with E-state index >= 15 is 0 Å². The van der Waals surface area contributed by atoms with E-state index in [0.29, 0.717) is 36.5 Å². The lowest BCUT2D eigenvalue weighted by Crippen LogP contribution is -3.11. The molecular weight excluding hydrogens is 586 g/mol. The zero-order valence-corrected chi connectivity index (χ0v) is 28.4. The van der Waals surface area contributed by atoms with E-state index in [4.69, 9.17) is 14.9 Å². The average molecular weight is 642 g/mol. The van der Waals surface area contributed by atoms with Crippen molar-refractivity contribution in [2.75, 3.05) is 38.2 Å². The number of ether oxygens (including phenoxy) is 1. The van der Waals surface area contributed by atoms with Gasteiger partial charge >= 0.3 is 11.9 Å². The fraction of sp³-hybridized carbons (Fsp3) is 0.758. The van der Waals surface area contributed by atoms with E-state index < -0.39 is 35.0 Å². The summed E-state index contributed by atoms with van der Waals surface area (Å²) in [6.45, 7) is 20.3. The van der Waals surface area contributed by atoms with Gasteiger partial charge in [0.25, 0.3) is 0 Å². The highest BCUT2D eigenvalue weighted by atomic mass is 32.2. The molecule has 3 fully saturated rings. The summed E-state index contributed by atoms with van der Waals surface area (Å²) in [5, 5.41) is 35.8. The van der Waals surface area contributed by atoms with Crippen LogP contribution in [0.5, 0.6) is 0 Å². The molecule has 2 bridgehead atoms. The quantitative estimate of drug-likeness (QED) is 0.113. The van der Waals surface area contributed by atoms with Crippen LogP contribution in [0, 0.1) is 34.0 Å². The van der Waals surface area contributed by atoms with Gasteiger partial charge in [0.1, 0.15) is 11.9 Å². The first-order chi connectivity index (χ1) is 20.6. The van der Waals surface area contributed by atoms with Crippen molar-refractivity contribution < 1.29 is 49.2 Å². The summed E-state index contributed by atoms with van der Waals surface area (Å²) in [6, 6.07) is 0. The van der Waals surface area contributed by atoms with Gasteiger partial charge in [-0.15, -0.1) is 18.3 Å².